The van der Waals surface area contributed by atoms with Gasteiger partial charge in [0.2, 0.25) is 6.29 Å². The maximum absolute atomic E-state index is 13.2. The number of rotatable bonds is 11. The zero-order valence-corrected chi connectivity index (χ0v) is 26.0. The van der Waals surface area contributed by atoms with E-state index >= 15 is 0 Å². The number of hydrogen-bond acceptors (Lipinski definition) is 16. The molecular formula is C30H38N2O18. The maximum atomic E-state index is 13.2. The molecule has 2 saturated heterocycles. The van der Waals surface area contributed by atoms with Gasteiger partial charge in [-0.15, -0.1) is 0 Å². The topological polar surface area (TPSA) is 330 Å². The molecule has 0 saturated carbocycles. The Kier molecular flexibility index (Phi) is 11.3. The molecule has 4 aliphatic rings. The molecule has 1 aromatic carbocycles. The van der Waals surface area contributed by atoms with E-state index in [0.29, 0.717) is 11.1 Å². The van der Waals surface area contributed by atoms with E-state index in [9.17, 15) is 70.6 Å². The lowest BCUT2D eigenvalue weighted by atomic mass is 9.97. The summed E-state index contributed by atoms with van der Waals surface area (Å²) in [7, 11) is 0. The molecule has 0 aliphatic carbocycles. The summed E-state index contributed by atoms with van der Waals surface area (Å²) in [4.78, 5) is 35.7. The maximum Gasteiger partial charge on any atom is 0.363 e. The van der Waals surface area contributed by atoms with Crippen molar-refractivity contribution in [2.45, 2.75) is 86.3 Å². The molecule has 5 rings (SSSR count). The number of allylic oxidation sites excluding steroid dienone is 1. The van der Waals surface area contributed by atoms with Crippen molar-refractivity contribution in [2.24, 2.45) is 0 Å². The summed E-state index contributed by atoms with van der Waals surface area (Å²) in [6.45, 7) is -1.73. The molecule has 13 unspecified atom stereocenters. The molecule has 0 amide bonds. The van der Waals surface area contributed by atoms with Gasteiger partial charge >= 0.3 is 17.9 Å². The summed E-state index contributed by atoms with van der Waals surface area (Å²) in [5, 5.41) is 116. The van der Waals surface area contributed by atoms with Crippen LogP contribution in [0.2, 0.25) is 0 Å². The fourth-order valence-corrected chi connectivity index (χ4v) is 6.35. The quantitative estimate of drug-likeness (QED) is 0.101. The van der Waals surface area contributed by atoms with Crippen LogP contribution in [0.4, 0.5) is 5.69 Å². The molecule has 20 nitrogen and oxygen atoms in total. The van der Waals surface area contributed by atoms with Crippen LogP contribution in [-0.4, -0.2) is 162 Å². The number of carboxylic acid groups (broad SMARTS) is 3. The number of nitrogens with one attached hydrogen (secondary N) is 2. The molecule has 1 aromatic rings. The number of aliphatic carboxylic acids is 3. The lowest BCUT2D eigenvalue weighted by molar-refractivity contribution is -0.838. The molecule has 50 heavy (non-hydrogen) atoms. The average molecular weight is 715 g/mol. The number of aliphatic hydroxyl groups is 7. The van der Waals surface area contributed by atoms with Crippen molar-refractivity contribution in [1.29, 1.82) is 0 Å². The van der Waals surface area contributed by atoms with Crippen LogP contribution in [0.5, 0.6) is 11.5 Å². The first-order valence-electron chi connectivity index (χ1n) is 15.5. The Morgan fingerprint density at radius 2 is 1.52 bits per heavy atom. The van der Waals surface area contributed by atoms with Crippen molar-refractivity contribution < 1.29 is 94.4 Å². The van der Waals surface area contributed by atoms with E-state index in [1.165, 1.54) is 18.2 Å². The third kappa shape index (κ3) is 7.41. The first-order chi connectivity index (χ1) is 23.6. The Balaban J connectivity index is 1.44. The summed E-state index contributed by atoms with van der Waals surface area (Å²) < 4.78 is 22.4. The van der Waals surface area contributed by atoms with Crippen molar-refractivity contribution in [1.82, 2.24) is 5.32 Å². The molecule has 2 fully saturated rings. The molecule has 276 valence electrons. The van der Waals surface area contributed by atoms with Gasteiger partial charge in [0.25, 0.3) is 0 Å². The van der Waals surface area contributed by atoms with E-state index in [0.717, 1.165) is 6.07 Å². The lowest BCUT2D eigenvalue weighted by Crippen LogP contribution is -3.11. The normalized spacial score (nSPS) is 37.8. The molecule has 0 bridgehead atoms. The van der Waals surface area contributed by atoms with Gasteiger partial charge in [0.05, 0.1) is 13.2 Å². The number of fused-ring (bicyclic) bond motifs is 1. The summed E-state index contributed by atoms with van der Waals surface area (Å²) >= 11 is 0. The second-order valence-electron chi connectivity index (χ2n) is 12.3. The molecule has 20 heteroatoms. The van der Waals surface area contributed by atoms with E-state index in [1.54, 1.807) is 0 Å². The lowest BCUT2D eigenvalue weighted by Gasteiger charge is -2.46. The van der Waals surface area contributed by atoms with E-state index in [2.05, 4.69) is 5.32 Å². The van der Waals surface area contributed by atoms with Crippen LogP contribution < -0.4 is 20.1 Å². The Morgan fingerprint density at radius 1 is 0.880 bits per heavy atom. The molecular weight excluding hydrogens is 676 g/mol. The minimum absolute atomic E-state index is 0.0888. The smallest absolute Gasteiger partial charge is 0.363 e. The largest absolute Gasteiger partial charge is 0.870 e. The third-order valence-electron chi connectivity index (χ3n) is 9.08. The standard InChI is InChI=1S/C30H38N2O18/c33-8-18-20(36)22(38)24(40)29(48-18)50-25-23(39)21(37)19(9-34)49-30(25)47-17-7-14-11(6-16(17)35)5-15(28(45)46)32(14)2-1-10-3-12(26(41)42)31-13(4-10)27(43)44/h1,3,6-7,13,15,18-25,29-31,33-40H,2,4-5,8-9H2,(H,41,42)(H,43,44)(H,45,46). The Bertz CT molecular complexity index is 1520. The van der Waals surface area contributed by atoms with Crippen LogP contribution in [-0.2, 0) is 35.0 Å². The van der Waals surface area contributed by atoms with Gasteiger partial charge in [-0.25, -0.2) is 14.4 Å². The van der Waals surface area contributed by atoms with Crippen molar-refractivity contribution in [2.75, 3.05) is 19.8 Å². The van der Waals surface area contributed by atoms with Gasteiger partial charge < -0.3 is 80.4 Å². The number of carbonyl (C=O) groups is 3. The van der Waals surface area contributed by atoms with Crippen molar-refractivity contribution in [3.63, 3.8) is 0 Å². The molecule has 0 radical (unpaired) electrons. The van der Waals surface area contributed by atoms with Crippen LogP contribution in [0.3, 0.4) is 0 Å². The van der Waals surface area contributed by atoms with Gasteiger partial charge in [-0.2, -0.15) is 0 Å². The SMILES string of the molecule is O=C(O)C1=CC(=CC[NH+]2c3cc(OC4OC(CO)C(O)C(O)C4OC4OC(CO)C(O)C(O)C4O)c([O-])cc3CC2C(=O)O)CC(C(=O)O)N1. The van der Waals surface area contributed by atoms with Gasteiger partial charge in [-0.3, -0.25) is 4.90 Å². The fourth-order valence-electron chi connectivity index (χ4n) is 6.35. The van der Waals surface area contributed by atoms with Gasteiger partial charge in [0, 0.05) is 24.5 Å². The first-order valence-corrected chi connectivity index (χ1v) is 15.5. The number of benzene rings is 1. The number of quaternary nitrogens is 1. The first kappa shape index (κ1) is 37.3. The van der Waals surface area contributed by atoms with Gasteiger partial charge in [0.1, 0.15) is 72.4 Å². The van der Waals surface area contributed by atoms with Crippen LogP contribution in [0.15, 0.2) is 35.6 Å². The Hall–Kier alpha value is -3.93. The number of ether oxygens (including phenoxy) is 4. The summed E-state index contributed by atoms with van der Waals surface area (Å²) in [6, 6.07) is -0.0314. The predicted molar refractivity (Wildman–Crippen MR) is 157 cm³/mol. The number of carboxylic acids is 3. The minimum atomic E-state index is -1.94. The molecule has 4 heterocycles. The molecule has 0 aromatic heterocycles. The Labute approximate surface area is 282 Å². The highest BCUT2D eigenvalue weighted by Crippen LogP contribution is 2.36. The second-order valence-corrected chi connectivity index (χ2v) is 12.3. The molecule has 0 spiro atoms. The van der Waals surface area contributed by atoms with E-state index in [1.807, 2.05) is 0 Å². The van der Waals surface area contributed by atoms with Crippen molar-refractivity contribution in [3.8, 4) is 11.5 Å². The third-order valence-corrected chi connectivity index (χ3v) is 9.08. The summed E-state index contributed by atoms with van der Waals surface area (Å²) in [5.41, 5.74) is 0.550. The fraction of sp³-hybridized carbons (Fsp3) is 0.567. The van der Waals surface area contributed by atoms with E-state index in [-0.39, 0.29) is 35.7 Å². The van der Waals surface area contributed by atoms with Crippen molar-refractivity contribution in [3.05, 3.63) is 41.1 Å². The molecule has 4 aliphatic heterocycles. The highest BCUT2D eigenvalue weighted by molar-refractivity contribution is 5.89. The van der Waals surface area contributed by atoms with Crippen LogP contribution >= 0.6 is 0 Å². The number of hydrogen-bond donors (Lipinski definition) is 12. The van der Waals surface area contributed by atoms with E-state index in [4.69, 9.17) is 18.9 Å². The van der Waals surface area contributed by atoms with Crippen LogP contribution in [0.1, 0.15) is 12.0 Å². The predicted octanol–water partition coefficient (Wildman–Crippen LogP) is -6.37. The highest BCUT2D eigenvalue weighted by Gasteiger charge is 2.51. The van der Waals surface area contributed by atoms with Crippen LogP contribution in [0.25, 0.3) is 0 Å². The number of aliphatic hydroxyl groups excluding tert-OH is 7. The van der Waals surface area contributed by atoms with E-state index < -0.39 is 116 Å². The van der Waals surface area contributed by atoms with Gasteiger partial charge in [-0.1, -0.05) is 11.8 Å². The van der Waals surface area contributed by atoms with Gasteiger partial charge in [-0.05, 0) is 17.7 Å². The summed E-state index contributed by atoms with van der Waals surface area (Å²) in [5.74, 6) is -5.14. The van der Waals surface area contributed by atoms with Crippen molar-refractivity contribution >= 4 is 23.6 Å². The molecule has 12 N–H and O–H groups in total. The zero-order chi connectivity index (χ0) is 36.6. The van der Waals surface area contributed by atoms with Gasteiger partial charge in [0.15, 0.2) is 18.4 Å². The monoisotopic (exact) mass is 714 g/mol. The minimum Gasteiger partial charge on any atom is -0.870 e. The highest BCUT2D eigenvalue weighted by atomic mass is 16.8. The average Bonchev–Trinajstić information content (AvgIpc) is 3.43. The second kappa shape index (κ2) is 15.1. The Morgan fingerprint density at radius 3 is 2.12 bits per heavy atom. The summed E-state index contributed by atoms with van der Waals surface area (Å²) in [6.07, 6.45) is -15.0. The zero-order valence-electron chi connectivity index (χ0n) is 26.0. The van der Waals surface area contributed by atoms with Crippen LogP contribution in [0, 0.1) is 0 Å². The molecule has 13 atom stereocenters.